The number of hydrogen-bond acceptors (Lipinski definition) is 4. The van der Waals surface area contributed by atoms with E-state index < -0.39 is 11.0 Å². The summed E-state index contributed by atoms with van der Waals surface area (Å²) in [6, 6.07) is 8.07. The van der Waals surface area contributed by atoms with Crippen molar-refractivity contribution in [3.05, 3.63) is 52.6 Å². The zero-order valence-corrected chi connectivity index (χ0v) is 18.3. The van der Waals surface area contributed by atoms with E-state index in [-0.39, 0.29) is 17.9 Å². The largest absolute Gasteiger partial charge is 0.497 e. The molecule has 0 bridgehead atoms. The van der Waals surface area contributed by atoms with E-state index in [1.165, 1.54) is 16.7 Å². The van der Waals surface area contributed by atoms with Crippen molar-refractivity contribution < 1.29 is 19.4 Å². The maximum atomic E-state index is 12.2. The molecule has 1 N–H and O–H groups in total. The maximum Gasteiger partial charge on any atom is 0.137 e. The van der Waals surface area contributed by atoms with Crippen molar-refractivity contribution in [3.63, 3.8) is 0 Å². The Balaban J connectivity index is 1.65. The number of ether oxygens (including phenoxy) is 2. The van der Waals surface area contributed by atoms with E-state index in [1.807, 2.05) is 12.1 Å². The Kier molecular flexibility index (Phi) is 4.88. The molecule has 1 aromatic rings. The van der Waals surface area contributed by atoms with Gasteiger partial charge in [0, 0.05) is 18.3 Å². The Bertz CT molecular complexity index is 1010. The third kappa shape index (κ3) is 3.02. The number of carbonyl (C=O) groups is 1. The minimum Gasteiger partial charge on any atom is -0.497 e. The minimum atomic E-state index is -1.16. The monoisotopic (exact) mass is 418 g/mol. The van der Waals surface area contributed by atoms with Crippen molar-refractivity contribution in [1.82, 2.24) is 0 Å². The van der Waals surface area contributed by atoms with Crippen LogP contribution in [-0.4, -0.2) is 30.2 Å². The minimum absolute atomic E-state index is 0.202. The number of fused-ring (bicyclic) bond motifs is 4. The lowest BCUT2D eigenvalue weighted by Gasteiger charge is -2.42. The van der Waals surface area contributed by atoms with Gasteiger partial charge in [-0.05, 0) is 71.9 Å². The fourth-order valence-electron chi connectivity index (χ4n) is 6.50. The Morgan fingerprint density at radius 2 is 2.03 bits per heavy atom. The highest BCUT2D eigenvalue weighted by Gasteiger charge is 2.60. The number of aliphatic hydroxyl groups is 1. The Morgan fingerprint density at radius 3 is 2.74 bits per heavy atom. The second-order valence-electron chi connectivity index (χ2n) is 9.75. The van der Waals surface area contributed by atoms with Crippen LogP contribution in [0, 0.1) is 29.6 Å². The first kappa shape index (κ1) is 20.5. The molecule has 2 saturated carbocycles. The Morgan fingerprint density at radius 1 is 1.26 bits per heavy atom. The van der Waals surface area contributed by atoms with Crippen LogP contribution in [0.1, 0.15) is 57.1 Å². The number of ketones is 1. The first-order chi connectivity index (χ1) is 14.9. The van der Waals surface area contributed by atoms with E-state index in [9.17, 15) is 9.90 Å². The van der Waals surface area contributed by atoms with Crippen LogP contribution in [0.15, 0.2) is 47.1 Å². The molecule has 4 nitrogen and oxygen atoms in total. The van der Waals surface area contributed by atoms with Gasteiger partial charge in [-0.15, -0.1) is 6.42 Å². The van der Waals surface area contributed by atoms with E-state index in [4.69, 9.17) is 15.9 Å². The highest BCUT2D eigenvalue weighted by atomic mass is 16.5. The van der Waals surface area contributed by atoms with Crippen LogP contribution in [0.3, 0.4) is 0 Å². The molecule has 0 radical (unpaired) electrons. The number of rotatable bonds is 2. The average Bonchev–Trinajstić information content (AvgIpc) is 2.96. The van der Waals surface area contributed by atoms with E-state index >= 15 is 0 Å². The fourth-order valence-corrected chi connectivity index (χ4v) is 6.50. The zero-order chi connectivity index (χ0) is 21.8. The summed E-state index contributed by atoms with van der Waals surface area (Å²) in [7, 11) is 1.66. The third-order valence-electron chi connectivity index (χ3n) is 8.35. The second kappa shape index (κ2) is 7.36. The van der Waals surface area contributed by atoms with Gasteiger partial charge in [0.2, 0.25) is 0 Å². The summed E-state index contributed by atoms with van der Waals surface area (Å²) in [5, 5.41) is 11.4. The highest BCUT2D eigenvalue weighted by Crippen LogP contribution is 2.61. The van der Waals surface area contributed by atoms with Crippen LogP contribution >= 0.6 is 0 Å². The summed E-state index contributed by atoms with van der Waals surface area (Å²) in [5.41, 5.74) is 3.21. The molecule has 4 heteroatoms. The summed E-state index contributed by atoms with van der Waals surface area (Å²) in [6.07, 6.45) is 12.2. The van der Waals surface area contributed by atoms with Gasteiger partial charge in [0.05, 0.1) is 13.7 Å². The molecule has 1 heterocycles. The molecule has 1 aromatic carbocycles. The topological polar surface area (TPSA) is 55.8 Å². The Labute approximate surface area is 184 Å². The number of benzene rings is 1. The number of hydrogen-bond donors (Lipinski definition) is 1. The first-order valence-corrected chi connectivity index (χ1v) is 11.3. The van der Waals surface area contributed by atoms with Crippen molar-refractivity contribution in [2.75, 3.05) is 13.7 Å². The van der Waals surface area contributed by atoms with E-state index in [1.54, 1.807) is 7.11 Å². The standard InChI is InChI=1S/C27H30O4/c1-4-27(29)14-13-23-22-11-7-18-15-19(28)8-12-21(18)24(22)25(31-16-26(23,27)2)17-5-9-20(30-3)10-6-17/h1,5-7,9-10,22-23,25,29H,8,11-16H2,2-3H3/t22?,23?,25?,26-,27-/m0/s1. The molecular formula is C27H30O4. The van der Waals surface area contributed by atoms with Gasteiger partial charge >= 0.3 is 0 Å². The lowest BCUT2D eigenvalue weighted by Crippen LogP contribution is -2.48. The van der Waals surface area contributed by atoms with Crippen LogP contribution in [0.2, 0.25) is 0 Å². The summed E-state index contributed by atoms with van der Waals surface area (Å²) < 4.78 is 12.0. The number of allylic oxidation sites excluding steroid dienone is 3. The van der Waals surface area contributed by atoms with E-state index in [2.05, 4.69) is 31.1 Å². The van der Waals surface area contributed by atoms with Gasteiger partial charge in [0.15, 0.2) is 0 Å². The van der Waals surface area contributed by atoms with Crippen LogP contribution in [-0.2, 0) is 9.53 Å². The third-order valence-corrected chi connectivity index (χ3v) is 8.35. The number of methoxy groups -OCH3 is 1. The van der Waals surface area contributed by atoms with Crippen LogP contribution < -0.4 is 4.74 Å². The van der Waals surface area contributed by atoms with Gasteiger partial charge < -0.3 is 14.6 Å². The molecule has 3 unspecified atom stereocenters. The van der Waals surface area contributed by atoms with Crippen LogP contribution in [0.25, 0.3) is 0 Å². The smallest absolute Gasteiger partial charge is 0.137 e. The quantitative estimate of drug-likeness (QED) is 0.717. The van der Waals surface area contributed by atoms with Crippen molar-refractivity contribution in [3.8, 4) is 18.1 Å². The molecule has 162 valence electrons. The average molecular weight is 419 g/mol. The van der Waals surface area contributed by atoms with Gasteiger partial charge in [-0.1, -0.05) is 31.1 Å². The van der Waals surface area contributed by atoms with Crippen molar-refractivity contribution >= 4 is 5.78 Å². The summed E-state index contributed by atoms with van der Waals surface area (Å²) in [5.74, 6) is 4.35. The summed E-state index contributed by atoms with van der Waals surface area (Å²) in [6.45, 7) is 2.52. The predicted molar refractivity (Wildman–Crippen MR) is 118 cm³/mol. The molecule has 0 aromatic heterocycles. The molecule has 1 saturated heterocycles. The van der Waals surface area contributed by atoms with Gasteiger partial charge in [0.1, 0.15) is 23.2 Å². The molecule has 3 fully saturated rings. The van der Waals surface area contributed by atoms with Gasteiger partial charge in [-0.25, -0.2) is 0 Å². The number of Topliss-reactive ketones (excluding diaryl/α,β-unsaturated/α-hetero) is 1. The molecule has 1 aliphatic heterocycles. The normalized spacial score (nSPS) is 37.2. The highest BCUT2D eigenvalue weighted by molar-refractivity contribution is 5.84. The molecule has 4 aliphatic rings. The predicted octanol–water partition coefficient (Wildman–Crippen LogP) is 4.54. The van der Waals surface area contributed by atoms with Crippen LogP contribution in [0.5, 0.6) is 5.75 Å². The first-order valence-electron chi connectivity index (χ1n) is 11.3. The van der Waals surface area contributed by atoms with E-state index in [0.717, 1.165) is 30.6 Å². The molecule has 3 aliphatic carbocycles. The van der Waals surface area contributed by atoms with Crippen LogP contribution in [0.4, 0.5) is 0 Å². The van der Waals surface area contributed by atoms with Crippen molar-refractivity contribution in [2.45, 2.75) is 57.2 Å². The number of terminal acetylenes is 1. The van der Waals surface area contributed by atoms with Gasteiger partial charge in [-0.3, -0.25) is 4.79 Å². The zero-order valence-electron chi connectivity index (χ0n) is 18.3. The molecule has 0 amide bonds. The lowest BCUT2D eigenvalue weighted by molar-refractivity contribution is -0.118. The second-order valence-corrected chi connectivity index (χ2v) is 9.75. The van der Waals surface area contributed by atoms with E-state index in [0.29, 0.717) is 31.7 Å². The van der Waals surface area contributed by atoms with Crippen molar-refractivity contribution in [1.29, 1.82) is 0 Å². The van der Waals surface area contributed by atoms with Gasteiger partial charge in [-0.2, -0.15) is 0 Å². The lowest BCUT2D eigenvalue weighted by atomic mass is 9.62. The summed E-state index contributed by atoms with van der Waals surface area (Å²) in [4.78, 5) is 12.2. The van der Waals surface area contributed by atoms with Gasteiger partial charge in [0.25, 0.3) is 0 Å². The maximum absolute atomic E-state index is 12.2. The molecule has 31 heavy (non-hydrogen) atoms. The SMILES string of the molecule is C#C[C@]1(O)CCC2C3CC=C4CC(=O)CCC4=C3C(c3ccc(OC)cc3)OC[C@@]21C. The number of carbonyl (C=O) groups excluding carboxylic acids is 1. The summed E-state index contributed by atoms with van der Waals surface area (Å²) >= 11 is 0. The molecule has 5 atom stereocenters. The molecule has 0 spiro atoms. The molecule has 5 rings (SSSR count). The molecular weight excluding hydrogens is 388 g/mol. The Hall–Kier alpha value is -2.35. The van der Waals surface area contributed by atoms with Crippen molar-refractivity contribution in [2.24, 2.45) is 17.3 Å². The fraction of sp³-hybridized carbons (Fsp3) is 0.519.